The lowest BCUT2D eigenvalue weighted by molar-refractivity contribution is -0.139. The van der Waals surface area contributed by atoms with E-state index in [1.807, 2.05) is 5.32 Å². The van der Waals surface area contributed by atoms with Crippen molar-refractivity contribution in [3.63, 3.8) is 0 Å². The topological polar surface area (TPSA) is 69.6 Å². The van der Waals surface area contributed by atoms with E-state index in [9.17, 15) is 22.8 Å². The summed E-state index contributed by atoms with van der Waals surface area (Å²) in [5.74, 6) is -1.32. The molecule has 0 spiro atoms. The van der Waals surface area contributed by atoms with E-state index >= 15 is 0 Å². The molecule has 2 amide bonds. The van der Waals surface area contributed by atoms with Crippen LogP contribution in [0.2, 0.25) is 0 Å². The summed E-state index contributed by atoms with van der Waals surface area (Å²) >= 11 is 0. The molecule has 0 radical (unpaired) electrons. The van der Waals surface area contributed by atoms with Gasteiger partial charge in [0.25, 0.3) is 0 Å². The van der Waals surface area contributed by atoms with Crippen LogP contribution in [-0.2, 0) is 4.79 Å². The fourth-order valence-corrected chi connectivity index (χ4v) is 0.698. The Morgan fingerprint density at radius 1 is 1.47 bits per heavy atom. The van der Waals surface area contributed by atoms with Crippen molar-refractivity contribution < 1.29 is 27.9 Å². The maximum Gasteiger partial charge on any atom is 0.406 e. The first-order valence-electron chi connectivity index (χ1n) is 3.94. The van der Waals surface area contributed by atoms with Crippen molar-refractivity contribution in [2.45, 2.75) is 19.1 Å². The number of hydrogen-bond acceptors (Lipinski definition) is 2. The van der Waals surface area contributed by atoms with Crippen LogP contribution in [0.25, 0.3) is 0 Å². The van der Waals surface area contributed by atoms with Crippen LogP contribution >= 0.6 is 0 Å². The van der Waals surface area contributed by atoms with Gasteiger partial charge in [0.15, 0.2) is 0 Å². The Morgan fingerprint density at radius 3 is 2.27 bits per heavy atom. The Balaban J connectivity index is 4.17. The van der Waals surface area contributed by atoms with Gasteiger partial charge in [-0.3, -0.25) is 4.79 Å². The van der Waals surface area contributed by atoms with Crippen molar-refractivity contribution in [1.82, 2.24) is 10.2 Å². The van der Waals surface area contributed by atoms with E-state index in [0.29, 0.717) is 4.90 Å². The van der Waals surface area contributed by atoms with Crippen LogP contribution in [-0.4, -0.2) is 47.8 Å². The van der Waals surface area contributed by atoms with Crippen molar-refractivity contribution in [3.8, 4) is 0 Å². The van der Waals surface area contributed by atoms with E-state index in [1.54, 1.807) is 0 Å². The molecule has 0 bridgehead atoms. The third kappa shape index (κ3) is 5.76. The number of rotatable bonds is 3. The minimum absolute atomic E-state index is 0.361. The Kier molecular flexibility index (Phi) is 4.38. The lowest BCUT2D eigenvalue weighted by atomic mass is 10.3. The van der Waals surface area contributed by atoms with Gasteiger partial charge >= 0.3 is 18.2 Å². The molecule has 88 valence electrons. The second-order valence-corrected chi connectivity index (χ2v) is 2.98. The van der Waals surface area contributed by atoms with Gasteiger partial charge in [-0.05, 0) is 6.92 Å². The number of urea groups is 1. The molecule has 0 aliphatic rings. The van der Waals surface area contributed by atoms with Crippen LogP contribution in [0, 0.1) is 0 Å². The summed E-state index contributed by atoms with van der Waals surface area (Å²) in [4.78, 5) is 21.6. The maximum atomic E-state index is 11.8. The number of carboxylic acid groups (broad SMARTS) is 1. The highest BCUT2D eigenvalue weighted by atomic mass is 19.4. The van der Waals surface area contributed by atoms with Gasteiger partial charge in [-0.15, -0.1) is 0 Å². The number of carbonyl (C=O) groups excluding carboxylic acids is 1. The third-order valence-electron chi connectivity index (χ3n) is 1.47. The van der Waals surface area contributed by atoms with Crippen molar-refractivity contribution in [2.24, 2.45) is 0 Å². The fourth-order valence-electron chi connectivity index (χ4n) is 0.698. The van der Waals surface area contributed by atoms with Gasteiger partial charge in [-0.1, -0.05) is 0 Å². The molecule has 0 aliphatic carbocycles. The van der Waals surface area contributed by atoms with Gasteiger partial charge in [-0.2, -0.15) is 13.2 Å². The molecule has 15 heavy (non-hydrogen) atoms. The molecule has 0 unspecified atom stereocenters. The van der Waals surface area contributed by atoms with Gasteiger partial charge < -0.3 is 15.3 Å². The second kappa shape index (κ2) is 4.85. The van der Waals surface area contributed by atoms with Gasteiger partial charge in [0.1, 0.15) is 12.6 Å². The molecule has 0 saturated carbocycles. The van der Waals surface area contributed by atoms with Gasteiger partial charge in [0.2, 0.25) is 0 Å². The largest absolute Gasteiger partial charge is 0.480 e. The van der Waals surface area contributed by atoms with E-state index in [4.69, 9.17) is 5.11 Å². The molecular formula is C7H11F3N2O3. The molecule has 0 aromatic carbocycles. The predicted octanol–water partition coefficient (Wildman–Crippen LogP) is 0.663. The lowest BCUT2D eigenvalue weighted by Crippen LogP contribution is -2.47. The highest BCUT2D eigenvalue weighted by Gasteiger charge is 2.31. The quantitative estimate of drug-likeness (QED) is 0.745. The Labute approximate surface area is 83.9 Å². The zero-order chi connectivity index (χ0) is 12.2. The zero-order valence-electron chi connectivity index (χ0n) is 8.13. The number of nitrogens with zero attached hydrogens (tertiary/aromatic N) is 1. The first-order valence-corrected chi connectivity index (χ1v) is 3.94. The summed E-state index contributed by atoms with van der Waals surface area (Å²) in [6.07, 6.45) is -4.50. The zero-order valence-corrected chi connectivity index (χ0v) is 8.13. The standard InChI is InChI=1S/C7H11F3N2O3/c1-4(5(13)14)11-6(15)12(2)3-7(8,9)10/h4H,3H2,1-2H3,(H,11,15)(H,13,14)/t4-/m1/s1. The van der Waals surface area contributed by atoms with Crippen molar-refractivity contribution in [3.05, 3.63) is 0 Å². The van der Waals surface area contributed by atoms with Crippen LogP contribution in [0.4, 0.5) is 18.0 Å². The predicted molar refractivity (Wildman–Crippen MR) is 44.3 cm³/mol. The Hall–Kier alpha value is -1.47. The summed E-state index contributed by atoms with van der Waals surface area (Å²) in [7, 11) is 0.928. The molecule has 5 nitrogen and oxygen atoms in total. The minimum Gasteiger partial charge on any atom is -0.480 e. The van der Waals surface area contributed by atoms with Crippen molar-refractivity contribution in [2.75, 3.05) is 13.6 Å². The van der Waals surface area contributed by atoms with E-state index in [2.05, 4.69) is 0 Å². The molecule has 2 N–H and O–H groups in total. The molecule has 0 aliphatic heterocycles. The van der Waals surface area contributed by atoms with E-state index in [1.165, 1.54) is 0 Å². The first kappa shape index (κ1) is 13.5. The minimum atomic E-state index is -4.50. The molecule has 8 heteroatoms. The number of carboxylic acids is 1. The highest BCUT2D eigenvalue weighted by Crippen LogP contribution is 2.15. The molecule has 0 rings (SSSR count). The molecule has 0 fully saturated rings. The molecule has 0 aromatic rings. The summed E-state index contributed by atoms with van der Waals surface area (Å²) in [5, 5.41) is 10.3. The molecule has 0 aromatic heterocycles. The SMILES string of the molecule is C[C@@H](NC(=O)N(C)CC(F)(F)F)C(=O)O. The smallest absolute Gasteiger partial charge is 0.406 e. The van der Waals surface area contributed by atoms with Gasteiger partial charge in [-0.25, -0.2) is 4.79 Å². The number of alkyl halides is 3. The van der Waals surface area contributed by atoms with Crippen LogP contribution in [0.1, 0.15) is 6.92 Å². The van der Waals surface area contributed by atoms with Crippen molar-refractivity contribution in [1.29, 1.82) is 0 Å². The number of amides is 2. The maximum absolute atomic E-state index is 11.8. The molecule has 0 heterocycles. The monoisotopic (exact) mass is 228 g/mol. The third-order valence-corrected chi connectivity index (χ3v) is 1.47. The average molecular weight is 228 g/mol. The summed E-state index contributed by atoms with van der Waals surface area (Å²) in [6.45, 7) is -0.271. The highest BCUT2D eigenvalue weighted by molar-refractivity contribution is 5.82. The van der Waals surface area contributed by atoms with Crippen molar-refractivity contribution >= 4 is 12.0 Å². The second-order valence-electron chi connectivity index (χ2n) is 2.98. The lowest BCUT2D eigenvalue weighted by Gasteiger charge is -2.20. The summed E-state index contributed by atoms with van der Waals surface area (Å²) < 4.78 is 35.5. The van der Waals surface area contributed by atoms with Crippen LogP contribution in [0.5, 0.6) is 0 Å². The fraction of sp³-hybridized carbons (Fsp3) is 0.714. The summed E-state index contributed by atoms with van der Waals surface area (Å²) in [5.41, 5.74) is 0. The summed E-state index contributed by atoms with van der Waals surface area (Å²) in [6, 6.07) is -2.31. The number of halogens is 3. The van der Waals surface area contributed by atoms with Gasteiger partial charge in [0, 0.05) is 7.05 Å². The molecule has 1 atom stereocenters. The normalized spacial score (nSPS) is 13.1. The van der Waals surface area contributed by atoms with Crippen LogP contribution in [0.15, 0.2) is 0 Å². The van der Waals surface area contributed by atoms with E-state index < -0.39 is 30.8 Å². The van der Waals surface area contributed by atoms with Crippen LogP contribution in [0.3, 0.4) is 0 Å². The number of aliphatic carboxylic acids is 1. The molecule has 0 saturated heterocycles. The molecular weight excluding hydrogens is 217 g/mol. The van der Waals surface area contributed by atoms with Gasteiger partial charge in [0.05, 0.1) is 0 Å². The number of hydrogen-bond donors (Lipinski definition) is 2. The Morgan fingerprint density at radius 2 is 1.93 bits per heavy atom. The number of nitrogens with one attached hydrogen (secondary N) is 1. The number of carbonyl (C=O) groups is 2. The van der Waals surface area contributed by atoms with E-state index in [0.717, 1.165) is 14.0 Å². The first-order chi connectivity index (χ1) is 6.63. The van der Waals surface area contributed by atoms with Crippen LogP contribution < -0.4 is 5.32 Å². The average Bonchev–Trinajstić information content (AvgIpc) is 2.00. The Bertz CT molecular complexity index is 254. The van der Waals surface area contributed by atoms with E-state index in [-0.39, 0.29) is 0 Å².